The number of carbonyl (C=O) groups is 1. The highest BCUT2D eigenvalue weighted by atomic mass is 19.1. The van der Waals surface area contributed by atoms with Gasteiger partial charge in [-0.05, 0) is 44.4 Å². The molecule has 0 aliphatic carbocycles. The number of hydrogen-bond acceptors (Lipinski definition) is 2. The van der Waals surface area contributed by atoms with Gasteiger partial charge in [-0.3, -0.25) is 4.79 Å². The molecule has 1 atom stereocenters. The van der Waals surface area contributed by atoms with Crippen molar-refractivity contribution in [2.75, 3.05) is 13.1 Å². The van der Waals surface area contributed by atoms with Crippen molar-refractivity contribution in [2.45, 2.75) is 32.2 Å². The molecule has 0 unspecified atom stereocenters. The van der Waals surface area contributed by atoms with Gasteiger partial charge in [0.1, 0.15) is 17.2 Å². The third kappa shape index (κ3) is 3.29. The zero-order chi connectivity index (χ0) is 13.8. The highest BCUT2D eigenvalue weighted by Crippen LogP contribution is 2.16. The first-order chi connectivity index (χ1) is 9.09. The lowest BCUT2D eigenvalue weighted by molar-refractivity contribution is 0.0943. The smallest absolute Gasteiger partial charge is 0.257 e. The van der Waals surface area contributed by atoms with Crippen LogP contribution in [-0.4, -0.2) is 25.0 Å². The molecule has 5 heteroatoms. The van der Waals surface area contributed by atoms with Gasteiger partial charge < -0.3 is 10.6 Å². The molecule has 1 aromatic rings. The molecule has 104 valence electrons. The van der Waals surface area contributed by atoms with Crippen LogP contribution < -0.4 is 10.6 Å². The third-order valence-corrected chi connectivity index (χ3v) is 3.45. The lowest BCUT2D eigenvalue weighted by atomic mass is 10.1. The van der Waals surface area contributed by atoms with Crippen molar-refractivity contribution in [1.29, 1.82) is 0 Å². The summed E-state index contributed by atoms with van der Waals surface area (Å²) in [6.45, 7) is 2.93. The van der Waals surface area contributed by atoms with E-state index in [-0.39, 0.29) is 5.56 Å². The minimum atomic E-state index is -0.820. The number of nitrogens with one attached hydrogen (secondary N) is 2. The normalized spacial score (nSPS) is 18.6. The maximum atomic E-state index is 13.7. The number of amides is 1. The molecule has 3 nitrogen and oxygen atoms in total. The van der Waals surface area contributed by atoms with E-state index in [1.54, 1.807) is 0 Å². The molecule has 1 heterocycles. The average Bonchev–Trinajstić information content (AvgIpc) is 2.87. The van der Waals surface area contributed by atoms with E-state index in [4.69, 9.17) is 0 Å². The molecule has 1 aliphatic rings. The first-order valence-electron chi connectivity index (χ1n) is 6.56. The Kier molecular flexibility index (Phi) is 4.47. The van der Waals surface area contributed by atoms with E-state index in [0.29, 0.717) is 12.6 Å². The minimum Gasteiger partial charge on any atom is -0.352 e. The van der Waals surface area contributed by atoms with Gasteiger partial charge in [0.25, 0.3) is 5.91 Å². The van der Waals surface area contributed by atoms with Crippen molar-refractivity contribution in [3.05, 3.63) is 34.9 Å². The van der Waals surface area contributed by atoms with Crippen LogP contribution in [0.5, 0.6) is 0 Å². The molecular formula is C14H18F2N2O. The summed E-state index contributed by atoms with van der Waals surface area (Å²) in [7, 11) is 0. The van der Waals surface area contributed by atoms with Crippen molar-refractivity contribution < 1.29 is 13.6 Å². The first-order valence-corrected chi connectivity index (χ1v) is 6.56. The molecule has 1 aliphatic heterocycles. The maximum Gasteiger partial charge on any atom is 0.257 e. The van der Waals surface area contributed by atoms with Crippen LogP contribution in [0.3, 0.4) is 0 Å². The van der Waals surface area contributed by atoms with Gasteiger partial charge in [0.05, 0.1) is 0 Å². The SMILES string of the molecule is Cc1ccc(F)c(C(=O)NCC[C@@H]2CCCN2)c1F. The lowest BCUT2D eigenvalue weighted by Crippen LogP contribution is -2.31. The summed E-state index contributed by atoms with van der Waals surface area (Å²) in [6, 6.07) is 2.84. The molecule has 2 rings (SSSR count). The fourth-order valence-electron chi connectivity index (χ4n) is 2.32. The molecule has 1 fully saturated rings. The van der Waals surface area contributed by atoms with Gasteiger partial charge >= 0.3 is 0 Å². The Bertz CT molecular complexity index is 471. The van der Waals surface area contributed by atoms with Crippen molar-refractivity contribution in [1.82, 2.24) is 10.6 Å². The molecule has 1 aromatic carbocycles. The minimum absolute atomic E-state index is 0.268. The van der Waals surface area contributed by atoms with Crippen LogP contribution >= 0.6 is 0 Å². The predicted octanol–water partition coefficient (Wildman–Crippen LogP) is 2.15. The van der Waals surface area contributed by atoms with Gasteiger partial charge in [0, 0.05) is 12.6 Å². The summed E-state index contributed by atoms with van der Waals surface area (Å²) in [5.74, 6) is -2.28. The molecular weight excluding hydrogens is 250 g/mol. The monoisotopic (exact) mass is 268 g/mol. The highest BCUT2D eigenvalue weighted by molar-refractivity contribution is 5.94. The van der Waals surface area contributed by atoms with Crippen LogP contribution in [0.4, 0.5) is 8.78 Å². The maximum absolute atomic E-state index is 13.7. The van der Waals surface area contributed by atoms with Crippen LogP contribution in [0.1, 0.15) is 35.2 Å². The van der Waals surface area contributed by atoms with E-state index in [1.165, 1.54) is 13.0 Å². The third-order valence-electron chi connectivity index (χ3n) is 3.45. The van der Waals surface area contributed by atoms with E-state index >= 15 is 0 Å². The Labute approximate surface area is 111 Å². The molecule has 1 amide bonds. The predicted molar refractivity (Wildman–Crippen MR) is 69.1 cm³/mol. The van der Waals surface area contributed by atoms with Gasteiger partial charge in [-0.15, -0.1) is 0 Å². The van der Waals surface area contributed by atoms with Crippen LogP contribution in [0.25, 0.3) is 0 Å². The molecule has 0 radical (unpaired) electrons. The number of halogens is 2. The largest absolute Gasteiger partial charge is 0.352 e. The Morgan fingerprint density at radius 1 is 1.47 bits per heavy atom. The number of rotatable bonds is 4. The van der Waals surface area contributed by atoms with E-state index in [9.17, 15) is 13.6 Å². The van der Waals surface area contributed by atoms with Gasteiger partial charge in [0.2, 0.25) is 0 Å². The molecule has 1 saturated heterocycles. The number of carbonyl (C=O) groups excluding carboxylic acids is 1. The van der Waals surface area contributed by atoms with Gasteiger partial charge in [-0.1, -0.05) is 6.07 Å². The second-order valence-electron chi connectivity index (χ2n) is 4.89. The van der Waals surface area contributed by atoms with Crippen molar-refractivity contribution >= 4 is 5.91 Å². The summed E-state index contributed by atoms with van der Waals surface area (Å²) >= 11 is 0. The molecule has 0 spiro atoms. The highest BCUT2D eigenvalue weighted by Gasteiger charge is 2.19. The molecule has 0 saturated carbocycles. The standard InChI is InChI=1S/C14H18F2N2O/c1-9-4-5-11(15)12(13(9)16)14(19)18-8-6-10-3-2-7-17-10/h4-5,10,17H,2-3,6-8H2,1H3,(H,18,19)/t10-/m0/s1. The topological polar surface area (TPSA) is 41.1 Å². The van der Waals surface area contributed by atoms with E-state index in [2.05, 4.69) is 10.6 Å². The second kappa shape index (κ2) is 6.10. The Hall–Kier alpha value is -1.49. The number of benzene rings is 1. The molecule has 2 N–H and O–H groups in total. The summed E-state index contributed by atoms with van der Waals surface area (Å²) in [6.07, 6.45) is 3.00. The average molecular weight is 268 g/mol. The van der Waals surface area contributed by atoms with Gasteiger partial charge in [-0.25, -0.2) is 8.78 Å². The number of hydrogen-bond donors (Lipinski definition) is 2. The lowest BCUT2D eigenvalue weighted by Gasteiger charge is -2.12. The fraction of sp³-hybridized carbons (Fsp3) is 0.500. The van der Waals surface area contributed by atoms with Crippen molar-refractivity contribution in [3.8, 4) is 0 Å². The summed E-state index contributed by atoms with van der Waals surface area (Å²) in [5.41, 5.74) is -0.219. The van der Waals surface area contributed by atoms with Crippen LogP contribution in [0, 0.1) is 18.6 Å². The first kappa shape index (κ1) is 13.9. The zero-order valence-corrected chi connectivity index (χ0v) is 10.9. The second-order valence-corrected chi connectivity index (χ2v) is 4.89. The van der Waals surface area contributed by atoms with Crippen molar-refractivity contribution in [2.24, 2.45) is 0 Å². The Balaban J connectivity index is 1.94. The molecule has 19 heavy (non-hydrogen) atoms. The summed E-state index contributed by atoms with van der Waals surface area (Å²) < 4.78 is 27.2. The zero-order valence-electron chi connectivity index (χ0n) is 10.9. The van der Waals surface area contributed by atoms with Crippen LogP contribution in [0.15, 0.2) is 12.1 Å². The van der Waals surface area contributed by atoms with Crippen LogP contribution in [0.2, 0.25) is 0 Å². The Morgan fingerprint density at radius 3 is 2.95 bits per heavy atom. The van der Waals surface area contributed by atoms with Gasteiger partial charge in [0.15, 0.2) is 0 Å². The van der Waals surface area contributed by atoms with E-state index in [1.807, 2.05) is 0 Å². The van der Waals surface area contributed by atoms with E-state index in [0.717, 1.165) is 31.9 Å². The molecule has 0 aromatic heterocycles. The van der Waals surface area contributed by atoms with E-state index < -0.39 is 23.1 Å². The molecule has 0 bridgehead atoms. The van der Waals surface area contributed by atoms with Gasteiger partial charge in [-0.2, -0.15) is 0 Å². The summed E-state index contributed by atoms with van der Waals surface area (Å²) in [5, 5.41) is 5.88. The fourth-order valence-corrected chi connectivity index (χ4v) is 2.32. The summed E-state index contributed by atoms with van der Waals surface area (Å²) in [4.78, 5) is 11.8. The quantitative estimate of drug-likeness (QED) is 0.878. The van der Waals surface area contributed by atoms with Crippen molar-refractivity contribution in [3.63, 3.8) is 0 Å². The Morgan fingerprint density at radius 2 is 2.26 bits per heavy atom. The number of aryl methyl sites for hydroxylation is 1. The van der Waals surface area contributed by atoms with Crippen LogP contribution in [-0.2, 0) is 0 Å².